The molecule has 5 heteroatoms. The minimum absolute atomic E-state index is 0.0774. The van der Waals surface area contributed by atoms with E-state index in [1.165, 1.54) is 0 Å². The molecule has 88 valence electrons. The molecule has 0 aromatic heterocycles. The Morgan fingerprint density at radius 2 is 2.19 bits per heavy atom. The van der Waals surface area contributed by atoms with Gasteiger partial charge in [0, 0.05) is 11.6 Å². The van der Waals surface area contributed by atoms with Crippen molar-refractivity contribution in [3.63, 3.8) is 0 Å². The summed E-state index contributed by atoms with van der Waals surface area (Å²) in [6.07, 6.45) is 0. The summed E-state index contributed by atoms with van der Waals surface area (Å²) >= 11 is 0. The Morgan fingerprint density at radius 3 is 2.75 bits per heavy atom. The fraction of sp³-hybridized carbons (Fsp3) is 0.364. The summed E-state index contributed by atoms with van der Waals surface area (Å²) in [5, 5.41) is 20.5. The lowest BCUT2D eigenvalue weighted by molar-refractivity contribution is 0.200. The maximum atomic E-state index is 8.72. The van der Waals surface area contributed by atoms with E-state index in [-0.39, 0.29) is 13.2 Å². The molecule has 0 aliphatic carbocycles. The summed E-state index contributed by atoms with van der Waals surface area (Å²) in [4.78, 5) is 0. The first-order chi connectivity index (χ1) is 7.72. The molecule has 0 amide bonds. The van der Waals surface area contributed by atoms with Gasteiger partial charge >= 0.3 is 0 Å². The van der Waals surface area contributed by atoms with E-state index >= 15 is 0 Å². The predicted octanol–water partition coefficient (Wildman–Crippen LogP) is 1.26. The van der Waals surface area contributed by atoms with E-state index in [4.69, 9.17) is 19.8 Å². The minimum Gasteiger partial charge on any atom is -0.497 e. The first kappa shape index (κ1) is 12.3. The zero-order valence-electron chi connectivity index (χ0n) is 9.30. The molecule has 0 aliphatic heterocycles. The summed E-state index contributed by atoms with van der Waals surface area (Å²) < 4.78 is 10.4. The average Bonchev–Trinajstić information content (AvgIpc) is 2.34. The highest BCUT2D eigenvalue weighted by Crippen LogP contribution is 2.25. The number of hydrogen-bond acceptors (Lipinski definition) is 5. The van der Waals surface area contributed by atoms with Gasteiger partial charge in [0.25, 0.3) is 0 Å². The van der Waals surface area contributed by atoms with Gasteiger partial charge in [-0.15, -0.1) is 0 Å². The van der Waals surface area contributed by atoms with E-state index in [2.05, 4.69) is 5.16 Å². The Labute approximate surface area is 93.9 Å². The smallest absolute Gasteiger partial charge is 0.132 e. The van der Waals surface area contributed by atoms with E-state index in [1.54, 1.807) is 32.2 Å². The molecule has 16 heavy (non-hydrogen) atoms. The number of aliphatic hydroxyl groups is 1. The Kier molecular flexibility index (Phi) is 4.60. The largest absolute Gasteiger partial charge is 0.497 e. The number of methoxy groups -OCH3 is 1. The van der Waals surface area contributed by atoms with E-state index in [9.17, 15) is 0 Å². The van der Waals surface area contributed by atoms with Crippen LogP contribution in [0.1, 0.15) is 12.5 Å². The number of rotatable bonds is 5. The second kappa shape index (κ2) is 5.97. The molecule has 0 fully saturated rings. The number of oxime groups is 1. The predicted molar refractivity (Wildman–Crippen MR) is 59.6 cm³/mol. The van der Waals surface area contributed by atoms with Gasteiger partial charge in [0.1, 0.15) is 18.1 Å². The number of ether oxygens (including phenoxy) is 2. The molecule has 1 rings (SSSR count). The van der Waals surface area contributed by atoms with Crippen LogP contribution in [0.4, 0.5) is 0 Å². The molecule has 0 saturated carbocycles. The first-order valence-corrected chi connectivity index (χ1v) is 4.83. The lowest BCUT2D eigenvalue weighted by Gasteiger charge is -2.11. The highest BCUT2D eigenvalue weighted by Gasteiger charge is 2.08. The highest BCUT2D eigenvalue weighted by atomic mass is 16.5. The van der Waals surface area contributed by atoms with Crippen LogP contribution >= 0.6 is 0 Å². The molecule has 0 aliphatic rings. The molecular formula is C11H15NO4. The van der Waals surface area contributed by atoms with Crippen molar-refractivity contribution in [2.45, 2.75) is 6.92 Å². The summed E-state index contributed by atoms with van der Waals surface area (Å²) in [6.45, 7) is 1.76. The topological polar surface area (TPSA) is 71.3 Å². The Hall–Kier alpha value is -1.75. The highest BCUT2D eigenvalue weighted by molar-refractivity contribution is 6.00. The van der Waals surface area contributed by atoms with Gasteiger partial charge < -0.3 is 19.8 Å². The molecular weight excluding hydrogens is 210 g/mol. The van der Waals surface area contributed by atoms with Gasteiger partial charge in [-0.25, -0.2) is 0 Å². The maximum absolute atomic E-state index is 8.72. The van der Waals surface area contributed by atoms with Crippen LogP contribution in [0.3, 0.4) is 0 Å². The Balaban J connectivity index is 3.06. The van der Waals surface area contributed by atoms with Crippen LogP contribution in [0.25, 0.3) is 0 Å². The van der Waals surface area contributed by atoms with E-state index < -0.39 is 0 Å². The van der Waals surface area contributed by atoms with Crippen LogP contribution in [0.5, 0.6) is 11.5 Å². The van der Waals surface area contributed by atoms with Crippen LogP contribution in [-0.4, -0.2) is 36.3 Å². The van der Waals surface area contributed by atoms with Crippen molar-refractivity contribution in [3.8, 4) is 11.5 Å². The van der Waals surface area contributed by atoms with Crippen molar-refractivity contribution in [3.05, 3.63) is 23.8 Å². The van der Waals surface area contributed by atoms with Crippen LogP contribution < -0.4 is 9.47 Å². The average molecular weight is 225 g/mol. The van der Waals surface area contributed by atoms with Crippen LogP contribution in [0.15, 0.2) is 23.4 Å². The van der Waals surface area contributed by atoms with Gasteiger partial charge in [-0.1, -0.05) is 5.16 Å². The second-order valence-corrected chi connectivity index (χ2v) is 3.12. The zero-order valence-corrected chi connectivity index (χ0v) is 9.30. The summed E-state index contributed by atoms with van der Waals surface area (Å²) in [5.74, 6) is 1.16. The van der Waals surface area contributed by atoms with Crippen molar-refractivity contribution in [1.82, 2.24) is 0 Å². The molecule has 5 nitrogen and oxygen atoms in total. The zero-order chi connectivity index (χ0) is 12.0. The van der Waals surface area contributed by atoms with E-state index in [1.807, 2.05) is 0 Å². The Bertz CT molecular complexity index is 376. The molecule has 0 saturated heterocycles. The normalized spacial score (nSPS) is 11.3. The van der Waals surface area contributed by atoms with Gasteiger partial charge in [-0.2, -0.15) is 0 Å². The van der Waals surface area contributed by atoms with Gasteiger partial charge in [0.2, 0.25) is 0 Å². The molecule has 0 bridgehead atoms. The fourth-order valence-electron chi connectivity index (χ4n) is 1.26. The summed E-state index contributed by atoms with van der Waals surface area (Å²) in [5.41, 5.74) is 1.10. The molecule has 1 aromatic carbocycles. The van der Waals surface area contributed by atoms with Gasteiger partial charge in [-0.3, -0.25) is 0 Å². The molecule has 0 radical (unpaired) electrons. The molecule has 0 unspecified atom stereocenters. The van der Waals surface area contributed by atoms with Crippen molar-refractivity contribution < 1.29 is 19.8 Å². The third-order valence-corrected chi connectivity index (χ3v) is 2.08. The Morgan fingerprint density at radius 1 is 1.44 bits per heavy atom. The second-order valence-electron chi connectivity index (χ2n) is 3.12. The number of hydrogen-bond donors (Lipinski definition) is 2. The van der Waals surface area contributed by atoms with Gasteiger partial charge in [-0.05, 0) is 19.1 Å². The van der Waals surface area contributed by atoms with E-state index in [0.717, 1.165) is 0 Å². The van der Waals surface area contributed by atoms with Crippen LogP contribution in [0.2, 0.25) is 0 Å². The van der Waals surface area contributed by atoms with Crippen molar-refractivity contribution in [2.75, 3.05) is 20.3 Å². The number of benzene rings is 1. The summed E-state index contributed by atoms with van der Waals surface area (Å²) in [6, 6.07) is 5.16. The molecule has 2 N–H and O–H groups in total. The molecule has 1 aromatic rings. The lowest BCUT2D eigenvalue weighted by atomic mass is 10.1. The van der Waals surface area contributed by atoms with Crippen molar-refractivity contribution >= 4 is 5.71 Å². The fourth-order valence-corrected chi connectivity index (χ4v) is 1.26. The third kappa shape index (κ3) is 2.87. The van der Waals surface area contributed by atoms with Crippen molar-refractivity contribution in [1.29, 1.82) is 0 Å². The summed E-state index contributed by atoms with van der Waals surface area (Å²) in [7, 11) is 1.55. The lowest BCUT2D eigenvalue weighted by Crippen LogP contribution is -2.06. The standard InChI is InChI=1S/C11H15NO4/c1-8(12-14)10-4-3-9(15-2)7-11(10)16-6-5-13/h3-4,7,13-14H,5-6H2,1-2H3/b12-8+. The SMILES string of the molecule is COc1ccc(/C(C)=N/O)c(OCCO)c1. The quantitative estimate of drug-likeness (QED) is 0.449. The molecule has 0 spiro atoms. The molecule has 0 heterocycles. The number of aliphatic hydroxyl groups excluding tert-OH is 1. The monoisotopic (exact) mass is 225 g/mol. The van der Waals surface area contributed by atoms with Gasteiger partial charge in [0.05, 0.1) is 19.4 Å². The maximum Gasteiger partial charge on any atom is 0.132 e. The third-order valence-electron chi connectivity index (χ3n) is 2.08. The van der Waals surface area contributed by atoms with Crippen LogP contribution in [-0.2, 0) is 0 Å². The number of nitrogens with zero attached hydrogens (tertiary/aromatic N) is 1. The van der Waals surface area contributed by atoms with E-state index in [0.29, 0.717) is 22.8 Å². The minimum atomic E-state index is -0.0774. The van der Waals surface area contributed by atoms with Crippen molar-refractivity contribution in [2.24, 2.45) is 5.16 Å². The molecule has 0 atom stereocenters. The van der Waals surface area contributed by atoms with Crippen LogP contribution in [0, 0.1) is 0 Å². The van der Waals surface area contributed by atoms with Gasteiger partial charge in [0.15, 0.2) is 0 Å². The first-order valence-electron chi connectivity index (χ1n) is 4.83.